The maximum atomic E-state index is 12.8. The second kappa shape index (κ2) is 9.02. The van der Waals surface area contributed by atoms with Gasteiger partial charge in [-0.3, -0.25) is 14.6 Å². The lowest BCUT2D eigenvalue weighted by Gasteiger charge is -2.11. The number of aliphatic imine (C=N–C) groups is 1. The smallest absolute Gasteiger partial charge is 0.271 e. The van der Waals surface area contributed by atoms with Gasteiger partial charge in [-0.2, -0.15) is 0 Å². The number of pyridine rings is 2. The molecule has 176 valence electrons. The molecule has 0 fully saturated rings. The second-order valence-electron chi connectivity index (χ2n) is 8.61. The molecule has 9 heteroatoms. The zero-order valence-corrected chi connectivity index (χ0v) is 19.5. The average Bonchev–Trinajstić information content (AvgIpc) is 3.14. The Hall–Kier alpha value is -4.53. The summed E-state index contributed by atoms with van der Waals surface area (Å²) >= 11 is 0. The number of carbonyl (C=O) groups is 1. The van der Waals surface area contributed by atoms with Crippen LogP contribution < -0.4 is 16.6 Å². The molecule has 35 heavy (non-hydrogen) atoms. The molecule has 1 aliphatic heterocycles. The number of carbonyl (C=O) groups excluding carboxylic acids is 1. The normalized spacial score (nSPS) is 12.1. The lowest BCUT2D eigenvalue weighted by atomic mass is 10.1. The van der Waals surface area contributed by atoms with Crippen molar-refractivity contribution in [1.82, 2.24) is 24.4 Å². The van der Waals surface area contributed by atoms with Crippen LogP contribution in [0.1, 0.15) is 44.3 Å². The summed E-state index contributed by atoms with van der Waals surface area (Å²) in [6.45, 7) is 5.18. The first-order valence-corrected chi connectivity index (χ1v) is 11.3. The number of hydrogen-bond donors (Lipinski definition) is 2. The minimum atomic E-state index is -0.265. The van der Waals surface area contributed by atoms with E-state index in [-0.39, 0.29) is 11.5 Å². The van der Waals surface area contributed by atoms with Crippen LogP contribution in [-0.2, 0) is 19.6 Å². The maximum absolute atomic E-state index is 12.8. The van der Waals surface area contributed by atoms with E-state index < -0.39 is 0 Å². The molecule has 4 heterocycles. The molecule has 0 aliphatic carbocycles. The molecule has 0 unspecified atom stereocenters. The molecular formula is C26H25N7O2. The lowest BCUT2D eigenvalue weighted by molar-refractivity contribution is 0.0946. The highest BCUT2D eigenvalue weighted by atomic mass is 16.2. The zero-order chi connectivity index (χ0) is 24.5. The van der Waals surface area contributed by atoms with Crippen LogP contribution in [0.5, 0.6) is 0 Å². The Balaban J connectivity index is 1.31. The summed E-state index contributed by atoms with van der Waals surface area (Å²) < 4.78 is 3.56. The van der Waals surface area contributed by atoms with E-state index in [1.165, 1.54) is 0 Å². The Kier molecular flexibility index (Phi) is 5.74. The Bertz CT molecular complexity index is 1510. The molecule has 1 amide bonds. The number of imidazole rings is 1. The third-order valence-corrected chi connectivity index (χ3v) is 6.10. The summed E-state index contributed by atoms with van der Waals surface area (Å²) in [6, 6.07) is 12.9. The van der Waals surface area contributed by atoms with Gasteiger partial charge in [0.15, 0.2) is 5.82 Å². The van der Waals surface area contributed by atoms with Crippen LogP contribution in [0, 0.1) is 13.8 Å². The van der Waals surface area contributed by atoms with Crippen LogP contribution in [0.2, 0.25) is 0 Å². The maximum Gasteiger partial charge on any atom is 0.271 e. The van der Waals surface area contributed by atoms with Gasteiger partial charge in [0.05, 0.1) is 25.0 Å². The van der Waals surface area contributed by atoms with Crippen LogP contribution in [0.3, 0.4) is 0 Å². The number of anilines is 1. The molecule has 0 bridgehead atoms. The van der Waals surface area contributed by atoms with Crippen molar-refractivity contribution in [2.75, 3.05) is 5.73 Å². The number of benzene rings is 1. The van der Waals surface area contributed by atoms with Crippen molar-refractivity contribution in [3.63, 3.8) is 0 Å². The zero-order valence-electron chi connectivity index (χ0n) is 19.5. The predicted molar refractivity (Wildman–Crippen MR) is 134 cm³/mol. The van der Waals surface area contributed by atoms with Gasteiger partial charge >= 0.3 is 0 Å². The Morgan fingerprint density at radius 1 is 1.14 bits per heavy atom. The average molecular weight is 468 g/mol. The van der Waals surface area contributed by atoms with E-state index in [0.29, 0.717) is 37.0 Å². The minimum absolute atomic E-state index is 0.0464. The fourth-order valence-corrected chi connectivity index (χ4v) is 4.24. The Labute approximate surface area is 202 Å². The van der Waals surface area contributed by atoms with Crippen LogP contribution in [0.15, 0.2) is 64.6 Å². The summed E-state index contributed by atoms with van der Waals surface area (Å²) in [5.74, 6) is 0.806. The molecule has 4 aromatic rings. The van der Waals surface area contributed by atoms with E-state index in [4.69, 9.17) is 5.73 Å². The summed E-state index contributed by atoms with van der Waals surface area (Å²) in [5, 5.41) is 2.93. The molecule has 0 spiro atoms. The number of fused-ring (bicyclic) bond motifs is 2. The number of nitrogens with two attached hydrogens (primary N) is 1. The number of nitrogens with zero attached hydrogens (tertiary/aromatic N) is 5. The van der Waals surface area contributed by atoms with Gasteiger partial charge in [-0.1, -0.05) is 18.2 Å². The van der Waals surface area contributed by atoms with Gasteiger partial charge in [-0.05, 0) is 54.3 Å². The summed E-state index contributed by atoms with van der Waals surface area (Å²) in [6.07, 6.45) is 5.18. The summed E-state index contributed by atoms with van der Waals surface area (Å²) in [4.78, 5) is 38.2. The van der Waals surface area contributed by atoms with Crippen LogP contribution in [0.25, 0.3) is 0 Å². The van der Waals surface area contributed by atoms with Gasteiger partial charge in [0, 0.05) is 30.7 Å². The molecule has 3 N–H and O–H groups in total. The van der Waals surface area contributed by atoms with Crippen LogP contribution >= 0.6 is 0 Å². The molecule has 3 aromatic heterocycles. The first-order valence-electron chi connectivity index (χ1n) is 11.3. The Morgan fingerprint density at radius 2 is 2.00 bits per heavy atom. The monoisotopic (exact) mass is 467 g/mol. The highest BCUT2D eigenvalue weighted by Gasteiger charge is 2.18. The summed E-state index contributed by atoms with van der Waals surface area (Å²) in [5.41, 5.74) is 11.6. The molecule has 0 atom stereocenters. The standard InChI is InChI=1S/C26H25N7O2/c1-16-9-23(27)30-17(2)20(16)11-29-26(35)22-15-33-14-19-7-6-18(10-21(19)28-12-24(33)31-22)13-32-8-4-3-5-25(32)34/h3-10,12,15H,11,13-14H2,1-2H3,(H2,27,30)(H,29,35). The van der Waals surface area contributed by atoms with E-state index >= 15 is 0 Å². The third-order valence-electron chi connectivity index (χ3n) is 6.10. The quantitative estimate of drug-likeness (QED) is 0.412. The van der Waals surface area contributed by atoms with E-state index in [9.17, 15) is 9.59 Å². The first kappa shape index (κ1) is 22.3. The van der Waals surface area contributed by atoms with Gasteiger partial charge < -0.3 is 20.2 Å². The number of amides is 1. The number of rotatable bonds is 5. The van der Waals surface area contributed by atoms with Crippen molar-refractivity contribution in [1.29, 1.82) is 0 Å². The van der Waals surface area contributed by atoms with Crippen molar-refractivity contribution in [2.24, 2.45) is 4.99 Å². The fraction of sp³-hybridized carbons (Fsp3) is 0.192. The molecule has 9 nitrogen and oxygen atoms in total. The van der Waals surface area contributed by atoms with Crippen LogP contribution in [0.4, 0.5) is 11.5 Å². The van der Waals surface area contributed by atoms with Crippen molar-refractivity contribution in [2.45, 2.75) is 33.5 Å². The topological polar surface area (TPSA) is 120 Å². The van der Waals surface area contributed by atoms with Gasteiger partial charge in [0.25, 0.3) is 11.5 Å². The predicted octanol–water partition coefficient (Wildman–Crippen LogP) is 2.73. The van der Waals surface area contributed by atoms with E-state index in [2.05, 4.69) is 20.3 Å². The van der Waals surface area contributed by atoms with Gasteiger partial charge in [0.1, 0.15) is 11.5 Å². The molecular weight excluding hydrogens is 442 g/mol. The minimum Gasteiger partial charge on any atom is -0.384 e. The van der Waals surface area contributed by atoms with E-state index in [1.807, 2.05) is 42.7 Å². The highest BCUT2D eigenvalue weighted by molar-refractivity contribution is 5.93. The van der Waals surface area contributed by atoms with Crippen molar-refractivity contribution >= 4 is 23.6 Å². The molecule has 1 aromatic carbocycles. The summed E-state index contributed by atoms with van der Waals surface area (Å²) in [7, 11) is 0. The largest absolute Gasteiger partial charge is 0.384 e. The van der Waals surface area contributed by atoms with Crippen molar-refractivity contribution < 1.29 is 4.79 Å². The van der Waals surface area contributed by atoms with Gasteiger partial charge in [-0.25, -0.2) is 9.97 Å². The first-order chi connectivity index (χ1) is 16.9. The Morgan fingerprint density at radius 3 is 2.80 bits per heavy atom. The molecule has 1 aliphatic rings. The molecule has 5 rings (SSSR count). The van der Waals surface area contributed by atoms with Crippen molar-refractivity contribution in [3.8, 4) is 0 Å². The SMILES string of the molecule is Cc1cc(N)nc(C)c1CNC(=O)c1cn2c(n1)C=Nc1cc(Cn3ccccc3=O)ccc1C2. The van der Waals surface area contributed by atoms with Gasteiger partial charge in [-0.15, -0.1) is 0 Å². The van der Waals surface area contributed by atoms with Gasteiger partial charge in [0.2, 0.25) is 0 Å². The third kappa shape index (κ3) is 4.61. The fourth-order valence-electron chi connectivity index (χ4n) is 4.24. The second-order valence-corrected chi connectivity index (χ2v) is 8.61. The number of aryl methyl sites for hydroxylation is 2. The lowest BCUT2D eigenvalue weighted by Crippen LogP contribution is -2.24. The van der Waals surface area contributed by atoms with Crippen molar-refractivity contribution in [3.05, 3.63) is 105 Å². The van der Waals surface area contributed by atoms with E-state index in [0.717, 1.165) is 33.6 Å². The molecule has 0 radical (unpaired) electrons. The number of hydrogen-bond acceptors (Lipinski definition) is 6. The van der Waals surface area contributed by atoms with Crippen LogP contribution in [-0.4, -0.2) is 31.2 Å². The number of aromatic nitrogens is 4. The molecule has 0 saturated carbocycles. The molecule has 0 saturated heterocycles. The number of nitrogens with one attached hydrogen (secondary N) is 1. The van der Waals surface area contributed by atoms with E-state index in [1.54, 1.807) is 41.4 Å². The number of nitrogen functional groups attached to an aromatic ring is 1. The highest BCUT2D eigenvalue weighted by Crippen LogP contribution is 2.25.